The first-order valence-corrected chi connectivity index (χ1v) is 9.76. The molecule has 0 aromatic heterocycles. The quantitative estimate of drug-likeness (QED) is 0.405. The Morgan fingerprint density at radius 3 is 1.80 bits per heavy atom. The number of ether oxygens (including phenoxy) is 1. The van der Waals surface area contributed by atoms with Crippen molar-refractivity contribution >= 4 is 5.97 Å². The maximum Gasteiger partial charge on any atom is 0.310 e. The highest BCUT2D eigenvalue weighted by molar-refractivity contribution is 5.71. The first kappa shape index (κ1) is 19.0. The second-order valence-corrected chi connectivity index (χ2v) is 7.61. The molecule has 0 aliphatic carbocycles. The molecule has 25 heavy (non-hydrogen) atoms. The van der Waals surface area contributed by atoms with E-state index in [0.717, 1.165) is 38.9 Å². The molecule has 0 bridgehead atoms. The fourth-order valence-electron chi connectivity index (χ4n) is 4.19. The van der Waals surface area contributed by atoms with Gasteiger partial charge in [0, 0.05) is 37.8 Å². The number of hydrogen-bond acceptors (Lipinski definition) is 7. The van der Waals surface area contributed by atoms with Crippen molar-refractivity contribution in [3.05, 3.63) is 0 Å². The lowest BCUT2D eigenvalue weighted by molar-refractivity contribution is -0.156. The van der Waals surface area contributed by atoms with E-state index in [9.17, 15) is 9.90 Å². The van der Waals surface area contributed by atoms with Crippen LogP contribution in [0.2, 0.25) is 0 Å². The van der Waals surface area contributed by atoms with Crippen LogP contribution in [0.5, 0.6) is 0 Å². The van der Waals surface area contributed by atoms with E-state index in [4.69, 9.17) is 9.84 Å². The van der Waals surface area contributed by atoms with Gasteiger partial charge in [0.25, 0.3) is 0 Å². The average Bonchev–Trinajstić information content (AvgIpc) is 3.47. The summed E-state index contributed by atoms with van der Waals surface area (Å²) < 4.78 is 5.26. The number of rotatable bonds is 11. The third-order valence-electron chi connectivity index (χ3n) is 5.97. The van der Waals surface area contributed by atoms with Crippen molar-refractivity contribution in [2.24, 2.45) is 0 Å². The van der Waals surface area contributed by atoms with Crippen molar-refractivity contribution in [3.8, 4) is 0 Å². The summed E-state index contributed by atoms with van der Waals surface area (Å²) in [6.07, 6.45) is 2.58. The molecule has 0 aromatic rings. The number of carbonyl (C=O) groups excluding carboxylic acids is 1. The molecule has 3 fully saturated rings. The summed E-state index contributed by atoms with van der Waals surface area (Å²) in [7, 11) is 0. The van der Waals surface area contributed by atoms with Crippen LogP contribution in [0.4, 0.5) is 0 Å². The van der Waals surface area contributed by atoms with Crippen LogP contribution in [0, 0.1) is 0 Å². The molecule has 0 radical (unpaired) electrons. The second-order valence-electron chi connectivity index (χ2n) is 7.61. The third kappa shape index (κ3) is 3.71. The molecule has 3 heterocycles. The van der Waals surface area contributed by atoms with Crippen molar-refractivity contribution in [2.45, 2.75) is 76.5 Å². The molecule has 0 spiro atoms. The summed E-state index contributed by atoms with van der Waals surface area (Å²) in [5.74, 6) is -0.652. The van der Waals surface area contributed by atoms with Gasteiger partial charge in [0.05, 0.1) is 13.0 Å². The lowest BCUT2D eigenvalue weighted by atomic mass is 10.2. The fraction of sp³-hybridized carbons (Fsp3) is 0.944. The van der Waals surface area contributed by atoms with Crippen molar-refractivity contribution in [1.29, 1.82) is 0 Å². The van der Waals surface area contributed by atoms with E-state index < -0.39 is 12.7 Å². The normalized spacial score (nSPS) is 39.4. The van der Waals surface area contributed by atoms with Crippen molar-refractivity contribution < 1.29 is 19.7 Å². The summed E-state index contributed by atoms with van der Waals surface area (Å²) in [6.45, 7) is 9.15. The molecule has 7 nitrogen and oxygen atoms in total. The van der Waals surface area contributed by atoms with Gasteiger partial charge in [0.1, 0.15) is 18.5 Å². The summed E-state index contributed by atoms with van der Waals surface area (Å²) in [4.78, 5) is 19.9. The molecule has 7 atom stereocenters. The van der Waals surface area contributed by atoms with E-state index in [-0.39, 0.29) is 18.4 Å². The monoisotopic (exact) mass is 355 g/mol. The van der Waals surface area contributed by atoms with Gasteiger partial charge in [-0.3, -0.25) is 19.5 Å². The minimum absolute atomic E-state index is 0.142. The number of aliphatic hydroxyl groups is 2. The Kier molecular flexibility index (Phi) is 5.70. The van der Waals surface area contributed by atoms with Crippen molar-refractivity contribution in [3.63, 3.8) is 0 Å². The topological polar surface area (TPSA) is 75.8 Å². The van der Waals surface area contributed by atoms with Crippen molar-refractivity contribution in [2.75, 3.05) is 32.8 Å². The van der Waals surface area contributed by atoms with E-state index in [2.05, 4.69) is 35.5 Å². The molecule has 0 aromatic carbocycles. The van der Waals surface area contributed by atoms with Crippen LogP contribution >= 0.6 is 0 Å². The molecule has 0 saturated carbocycles. The van der Waals surface area contributed by atoms with Gasteiger partial charge in [0.15, 0.2) is 0 Å². The zero-order valence-corrected chi connectivity index (χ0v) is 15.7. The molecular formula is C18H33N3O4. The highest BCUT2D eigenvalue weighted by Gasteiger charge is 2.66. The number of nitrogens with zero attached hydrogens (tertiary/aromatic N) is 3. The summed E-state index contributed by atoms with van der Waals surface area (Å²) in [6, 6.07) is 1.60. The Labute approximate surface area is 150 Å². The van der Waals surface area contributed by atoms with Gasteiger partial charge in [0.2, 0.25) is 0 Å². The summed E-state index contributed by atoms with van der Waals surface area (Å²) in [5.41, 5.74) is 0. The van der Waals surface area contributed by atoms with Crippen LogP contribution < -0.4 is 0 Å². The van der Waals surface area contributed by atoms with Crippen LogP contribution in [0.3, 0.4) is 0 Å². The minimum Gasteiger partial charge on any atom is -0.463 e. The lowest BCUT2D eigenvalue weighted by Gasteiger charge is -2.40. The van der Waals surface area contributed by atoms with Crippen LogP contribution in [0.25, 0.3) is 0 Å². The average molecular weight is 355 g/mol. The summed E-state index contributed by atoms with van der Waals surface area (Å²) in [5, 5.41) is 18.4. The summed E-state index contributed by atoms with van der Waals surface area (Å²) >= 11 is 0. The predicted octanol–water partition coefficient (Wildman–Crippen LogP) is 0.209. The standard InChI is InChI=1S/C18H33N3O4/c1-4-13-8-19(13)18(20-9-14(20)5-2,21-10-15(21)6-3)7-17(24)25-12-16(23)11-22/h13-16,22-23H,4-12H2,1-3H3. The smallest absolute Gasteiger partial charge is 0.310 e. The molecule has 7 heteroatoms. The zero-order chi connectivity index (χ0) is 18.2. The highest BCUT2D eigenvalue weighted by atomic mass is 16.5. The number of hydrogen-bond donors (Lipinski definition) is 2. The zero-order valence-electron chi connectivity index (χ0n) is 15.7. The van der Waals surface area contributed by atoms with Crippen molar-refractivity contribution in [1.82, 2.24) is 14.7 Å². The first-order chi connectivity index (χ1) is 12.0. The number of carbonyl (C=O) groups is 1. The van der Waals surface area contributed by atoms with Gasteiger partial charge in [-0.25, -0.2) is 0 Å². The Bertz CT molecular complexity index is 443. The largest absolute Gasteiger partial charge is 0.463 e. The Morgan fingerprint density at radius 2 is 1.48 bits per heavy atom. The van der Waals surface area contributed by atoms with E-state index >= 15 is 0 Å². The van der Waals surface area contributed by atoms with E-state index in [1.165, 1.54) is 0 Å². The fourth-order valence-corrected chi connectivity index (χ4v) is 4.19. The van der Waals surface area contributed by atoms with Gasteiger partial charge >= 0.3 is 5.97 Å². The van der Waals surface area contributed by atoms with E-state index in [1.807, 2.05) is 0 Å². The molecule has 7 unspecified atom stereocenters. The van der Waals surface area contributed by atoms with Gasteiger partial charge < -0.3 is 14.9 Å². The lowest BCUT2D eigenvalue weighted by Crippen LogP contribution is -2.56. The molecule has 0 amide bonds. The second kappa shape index (κ2) is 7.48. The van der Waals surface area contributed by atoms with E-state index in [1.54, 1.807) is 0 Å². The molecule has 3 saturated heterocycles. The first-order valence-electron chi connectivity index (χ1n) is 9.76. The molecular weight excluding hydrogens is 322 g/mol. The molecule has 3 aliphatic heterocycles. The molecule has 144 valence electrons. The van der Waals surface area contributed by atoms with Crippen LogP contribution in [0.15, 0.2) is 0 Å². The SMILES string of the molecule is CCC1CN1C(CC(=O)OCC(O)CO)(N1CC1CC)N1CC1CC. The Balaban J connectivity index is 1.75. The van der Waals surface area contributed by atoms with E-state index in [0.29, 0.717) is 24.5 Å². The minimum atomic E-state index is -1.00. The van der Waals surface area contributed by atoms with Crippen LogP contribution in [-0.2, 0) is 9.53 Å². The Hall–Kier alpha value is -0.730. The maximum atomic E-state index is 12.6. The number of esters is 1. The number of aliphatic hydroxyl groups excluding tert-OH is 2. The van der Waals surface area contributed by atoms with Gasteiger partial charge in [-0.05, 0) is 19.3 Å². The Morgan fingerprint density at radius 1 is 1.04 bits per heavy atom. The van der Waals surface area contributed by atoms with Gasteiger partial charge in [-0.2, -0.15) is 0 Å². The third-order valence-corrected chi connectivity index (χ3v) is 5.97. The maximum absolute atomic E-state index is 12.6. The molecule has 3 aliphatic rings. The molecule has 3 rings (SSSR count). The van der Waals surface area contributed by atoms with Crippen LogP contribution in [0.1, 0.15) is 46.5 Å². The highest BCUT2D eigenvalue weighted by Crippen LogP contribution is 2.50. The van der Waals surface area contributed by atoms with Gasteiger partial charge in [-0.1, -0.05) is 20.8 Å². The van der Waals surface area contributed by atoms with Crippen LogP contribution in [-0.4, -0.2) is 93.7 Å². The predicted molar refractivity (Wildman–Crippen MR) is 93.8 cm³/mol. The molecule has 2 N–H and O–H groups in total. The van der Waals surface area contributed by atoms with Gasteiger partial charge in [-0.15, -0.1) is 0 Å².